The van der Waals surface area contributed by atoms with E-state index in [1.807, 2.05) is 5.32 Å². The van der Waals surface area contributed by atoms with Gasteiger partial charge in [0, 0.05) is 0 Å². The number of aromatic nitrogens is 2. The summed E-state index contributed by atoms with van der Waals surface area (Å²) < 4.78 is 34.7. The van der Waals surface area contributed by atoms with E-state index in [0.29, 0.717) is 0 Å². The maximum atomic E-state index is 12.7. The normalized spacial score (nSPS) is 12.2. The number of carboxylic acid groups (broad SMARTS) is 2. The van der Waals surface area contributed by atoms with Crippen LogP contribution in [0.5, 0.6) is 5.88 Å². The van der Waals surface area contributed by atoms with Crippen molar-refractivity contribution < 1.29 is 47.3 Å². The summed E-state index contributed by atoms with van der Waals surface area (Å²) in [5.41, 5.74) is 0.791. The Hall–Kier alpha value is -3.68. The van der Waals surface area contributed by atoms with Crippen LogP contribution >= 0.6 is 0 Å². The van der Waals surface area contributed by atoms with E-state index in [1.165, 1.54) is 24.3 Å². The lowest BCUT2D eigenvalue weighted by molar-refractivity contribution is -0.832. The van der Waals surface area contributed by atoms with Crippen LogP contribution in [0.3, 0.4) is 0 Å². The molecule has 2 aromatic rings. The monoisotopic (exact) mass is 443 g/mol. The molecule has 2 rings (SSSR count). The highest BCUT2D eigenvalue weighted by Gasteiger charge is 2.36. The molecule has 3 N–H and O–H groups in total. The number of aliphatic carboxylic acids is 2. The number of amides is 1. The predicted molar refractivity (Wildman–Crippen MR) is 94.0 cm³/mol. The smallest absolute Gasteiger partial charge is 0.414 e. The second kappa shape index (κ2) is 9.21. The minimum Gasteiger partial charge on any atom is -0.481 e. The van der Waals surface area contributed by atoms with Crippen LogP contribution in [0.4, 0.5) is 0 Å². The molecule has 0 aliphatic heterocycles. The quantitative estimate of drug-likeness (QED) is 0.391. The van der Waals surface area contributed by atoms with Gasteiger partial charge in [-0.1, -0.05) is 17.7 Å². The molecule has 0 saturated carbocycles. The van der Waals surface area contributed by atoms with E-state index in [2.05, 4.69) is 9.79 Å². The molecular formula is C16H17N3O10S. The zero-order valence-electron chi connectivity index (χ0n) is 15.5. The average Bonchev–Trinajstić information content (AvgIpc) is 3.02. The van der Waals surface area contributed by atoms with Crippen molar-refractivity contribution in [3.63, 3.8) is 0 Å². The van der Waals surface area contributed by atoms with Gasteiger partial charge in [-0.3, -0.25) is 14.2 Å². The van der Waals surface area contributed by atoms with Gasteiger partial charge in [0.25, 0.3) is 9.84 Å². The van der Waals surface area contributed by atoms with Gasteiger partial charge in [0.1, 0.15) is 12.6 Å². The number of carbonyl (C=O) groups excluding carboxylic acids is 1. The third-order valence-corrected chi connectivity index (χ3v) is 5.44. The lowest BCUT2D eigenvalue weighted by atomic mass is 10.2. The zero-order valence-corrected chi connectivity index (χ0v) is 16.3. The summed E-state index contributed by atoms with van der Waals surface area (Å²) in [6.45, 7) is 1.25. The molecule has 30 heavy (non-hydrogen) atoms. The molecule has 1 atom stereocenters. The van der Waals surface area contributed by atoms with Crippen LogP contribution in [-0.2, 0) is 24.2 Å². The number of benzene rings is 1. The molecule has 1 amide bonds. The van der Waals surface area contributed by atoms with Crippen LogP contribution < -0.4 is 15.0 Å². The second-order valence-corrected chi connectivity index (χ2v) is 7.88. The van der Waals surface area contributed by atoms with Crippen LogP contribution in [0.15, 0.2) is 38.8 Å². The highest BCUT2D eigenvalue weighted by Crippen LogP contribution is 2.25. The molecule has 0 fully saturated rings. The summed E-state index contributed by atoms with van der Waals surface area (Å²) >= 11 is 0. The molecule has 1 aromatic carbocycles. The van der Waals surface area contributed by atoms with Crippen LogP contribution in [0.2, 0.25) is 0 Å². The number of nitrogens with one attached hydrogen (secondary N) is 1. The number of nitrogens with zero attached hydrogens (tertiary/aromatic N) is 2. The van der Waals surface area contributed by atoms with Gasteiger partial charge >= 0.3 is 22.8 Å². The van der Waals surface area contributed by atoms with Crippen molar-refractivity contribution in [3.8, 4) is 5.88 Å². The Balaban J connectivity index is 2.07. The summed E-state index contributed by atoms with van der Waals surface area (Å²) in [4.78, 5) is 32.8. The van der Waals surface area contributed by atoms with Gasteiger partial charge in [-0.15, -0.1) is 0 Å². The van der Waals surface area contributed by atoms with E-state index < -0.39 is 64.1 Å². The fourth-order valence-corrected chi connectivity index (χ4v) is 3.51. The number of carbonyl (C=O) groups is 3. The van der Waals surface area contributed by atoms with Gasteiger partial charge in [0.15, 0.2) is 0 Å². The maximum absolute atomic E-state index is 12.7. The van der Waals surface area contributed by atoms with Crippen LogP contribution in [-0.4, -0.2) is 54.3 Å². The summed E-state index contributed by atoms with van der Waals surface area (Å²) in [6.07, 6.45) is -1.31. The lowest BCUT2D eigenvalue weighted by Crippen LogP contribution is -2.42. The predicted octanol–water partition coefficient (Wildman–Crippen LogP) is -0.738. The molecule has 14 heteroatoms. The Morgan fingerprint density at radius 3 is 2.47 bits per heavy atom. The Morgan fingerprint density at radius 1 is 1.27 bits per heavy atom. The van der Waals surface area contributed by atoms with Crippen LogP contribution in [0, 0.1) is 12.1 Å². The Bertz CT molecular complexity index is 1050. The van der Waals surface area contributed by atoms with E-state index in [0.717, 1.165) is 5.56 Å². The van der Waals surface area contributed by atoms with Gasteiger partial charge in [0.2, 0.25) is 5.91 Å². The summed E-state index contributed by atoms with van der Waals surface area (Å²) in [7, 11) is -4.34. The molecule has 0 aliphatic carbocycles. The highest BCUT2D eigenvalue weighted by molar-refractivity contribution is 7.91. The first-order chi connectivity index (χ1) is 14.0. The topological polar surface area (TPSA) is 200 Å². The summed E-state index contributed by atoms with van der Waals surface area (Å²) in [5, 5.41) is 33.6. The minimum absolute atomic E-state index is 0.207. The maximum Gasteiger partial charge on any atom is 0.414 e. The van der Waals surface area contributed by atoms with E-state index in [1.54, 1.807) is 6.92 Å². The Morgan fingerprint density at radius 2 is 1.90 bits per heavy atom. The number of rotatable bonds is 10. The third kappa shape index (κ3) is 5.44. The fraction of sp³-hybridized carbons (Fsp3) is 0.312. The Labute approximate surface area is 169 Å². The number of hydrogen-bond donors (Lipinski definition) is 3. The molecule has 1 unspecified atom stereocenters. The summed E-state index contributed by atoms with van der Waals surface area (Å²) in [5.74, 6) is -4.52. The van der Waals surface area contributed by atoms with Crippen molar-refractivity contribution in [1.82, 2.24) is 10.5 Å². The third-order valence-electron chi connectivity index (χ3n) is 3.71. The lowest BCUT2D eigenvalue weighted by Gasteiger charge is -2.12. The van der Waals surface area contributed by atoms with Gasteiger partial charge in [-0.05, 0) is 24.0 Å². The average molecular weight is 443 g/mol. The Kier molecular flexibility index (Phi) is 6.94. The molecule has 0 bridgehead atoms. The standard InChI is InChI=1S/C16H17N3O10S/c1-9-2-4-10(5-3-9)30(26,27)15-14(18-29-19(15)25)28-7-6-12(20)17-11(16(23)24)8-13(21)22/h2-5,11H,6-8H2,1H3,(H,17,20)(H,21,22)(H,23,24). The number of hydrogen-bond acceptors (Lipinski definition) is 9. The van der Waals surface area contributed by atoms with E-state index in [4.69, 9.17) is 14.9 Å². The number of sulfone groups is 1. The fourth-order valence-electron chi connectivity index (χ4n) is 2.24. The van der Waals surface area contributed by atoms with Gasteiger partial charge in [-0.25, -0.2) is 13.2 Å². The van der Waals surface area contributed by atoms with E-state index >= 15 is 0 Å². The van der Waals surface area contributed by atoms with E-state index in [-0.39, 0.29) is 9.80 Å². The first kappa shape index (κ1) is 22.6. The van der Waals surface area contributed by atoms with Crippen molar-refractivity contribution in [2.24, 2.45) is 0 Å². The van der Waals surface area contributed by atoms with Crippen LogP contribution in [0.25, 0.3) is 0 Å². The highest BCUT2D eigenvalue weighted by atomic mass is 32.2. The van der Waals surface area contributed by atoms with Crippen molar-refractivity contribution in [3.05, 3.63) is 35.0 Å². The molecule has 0 aliphatic rings. The molecule has 0 radical (unpaired) electrons. The first-order valence-corrected chi connectivity index (χ1v) is 9.79. The molecule has 0 spiro atoms. The van der Waals surface area contributed by atoms with Crippen molar-refractivity contribution in [2.75, 3.05) is 6.61 Å². The van der Waals surface area contributed by atoms with Crippen molar-refractivity contribution in [1.29, 1.82) is 0 Å². The SMILES string of the molecule is Cc1ccc(S(=O)(=O)c2c(OCCC(=O)NC(CC(=O)O)C(=O)O)no[n+]2[O-])cc1. The number of carboxylic acids is 2. The largest absolute Gasteiger partial charge is 0.481 e. The number of ether oxygens (including phenoxy) is 1. The van der Waals surface area contributed by atoms with Gasteiger partial charge < -0.3 is 25.5 Å². The van der Waals surface area contributed by atoms with Gasteiger partial charge in [0.05, 0.1) is 22.9 Å². The van der Waals surface area contributed by atoms with Gasteiger partial charge in [-0.2, -0.15) is 0 Å². The number of aryl methyl sites for hydroxylation is 1. The zero-order chi connectivity index (χ0) is 22.5. The van der Waals surface area contributed by atoms with Crippen LogP contribution in [0.1, 0.15) is 18.4 Å². The van der Waals surface area contributed by atoms with Crippen molar-refractivity contribution in [2.45, 2.75) is 35.7 Å². The van der Waals surface area contributed by atoms with E-state index in [9.17, 15) is 28.0 Å². The molecule has 0 saturated heterocycles. The summed E-state index contributed by atoms with van der Waals surface area (Å²) in [6, 6.07) is 3.96. The molecular weight excluding hydrogens is 426 g/mol. The molecule has 1 aromatic heterocycles. The second-order valence-electron chi connectivity index (χ2n) is 6.01. The van der Waals surface area contributed by atoms with Crippen molar-refractivity contribution >= 4 is 27.7 Å². The molecule has 1 heterocycles. The first-order valence-electron chi connectivity index (χ1n) is 8.30. The minimum atomic E-state index is -4.34. The molecule has 162 valence electrons. The molecule has 13 nitrogen and oxygen atoms in total.